The Labute approximate surface area is 115 Å². The van der Waals surface area contributed by atoms with Crippen molar-refractivity contribution in [1.82, 2.24) is 5.32 Å². The zero-order chi connectivity index (χ0) is 14.5. The Kier molecular flexibility index (Phi) is 5.11. The smallest absolute Gasteiger partial charge is 0.225 e. The maximum absolute atomic E-state index is 12.1. The fourth-order valence-corrected chi connectivity index (χ4v) is 2.14. The van der Waals surface area contributed by atoms with Crippen LogP contribution < -0.4 is 5.32 Å². The number of benzene rings is 1. The van der Waals surface area contributed by atoms with E-state index in [0.29, 0.717) is 19.3 Å². The van der Waals surface area contributed by atoms with E-state index in [9.17, 15) is 10.1 Å². The molecule has 3 nitrogen and oxygen atoms in total. The summed E-state index contributed by atoms with van der Waals surface area (Å²) in [5, 5.41) is 12.1. The van der Waals surface area contributed by atoms with Crippen LogP contribution in [0, 0.1) is 25.2 Å². The molecule has 0 aliphatic heterocycles. The molecular weight excluding hydrogens is 236 g/mol. The van der Waals surface area contributed by atoms with Gasteiger partial charge in [0.25, 0.3) is 0 Å². The second-order valence-corrected chi connectivity index (χ2v) is 5.06. The number of hydrogen-bond donors (Lipinski definition) is 1. The van der Waals surface area contributed by atoms with Crippen LogP contribution in [0.4, 0.5) is 0 Å². The highest BCUT2D eigenvalue weighted by Crippen LogP contribution is 2.15. The van der Waals surface area contributed by atoms with Gasteiger partial charge in [0.1, 0.15) is 5.54 Å². The number of rotatable bonds is 5. The molecular formula is C16H22N2O. The lowest BCUT2D eigenvalue weighted by Gasteiger charge is -2.25. The molecule has 0 aliphatic carbocycles. The zero-order valence-electron chi connectivity index (χ0n) is 12.2. The van der Waals surface area contributed by atoms with Crippen LogP contribution in [0.1, 0.15) is 43.4 Å². The lowest BCUT2D eigenvalue weighted by atomic mass is 9.94. The van der Waals surface area contributed by atoms with E-state index in [1.54, 1.807) is 0 Å². The average molecular weight is 258 g/mol. The molecule has 3 heteroatoms. The van der Waals surface area contributed by atoms with Gasteiger partial charge in [-0.2, -0.15) is 5.26 Å². The first-order chi connectivity index (χ1) is 8.96. The highest BCUT2D eigenvalue weighted by Gasteiger charge is 2.27. The Balaban J connectivity index is 2.78. The molecule has 0 unspecified atom stereocenters. The summed E-state index contributed by atoms with van der Waals surface area (Å²) >= 11 is 0. The van der Waals surface area contributed by atoms with Crippen molar-refractivity contribution < 1.29 is 4.79 Å². The van der Waals surface area contributed by atoms with Gasteiger partial charge in [-0.05, 0) is 37.8 Å². The maximum atomic E-state index is 12.1. The first-order valence-corrected chi connectivity index (χ1v) is 6.74. The predicted octanol–water partition coefficient (Wildman–Crippen LogP) is 3.04. The van der Waals surface area contributed by atoms with Gasteiger partial charge >= 0.3 is 0 Å². The maximum Gasteiger partial charge on any atom is 0.225 e. The lowest BCUT2D eigenvalue weighted by molar-refractivity contribution is -0.121. The topological polar surface area (TPSA) is 52.9 Å². The second kappa shape index (κ2) is 6.38. The van der Waals surface area contributed by atoms with Gasteiger partial charge in [-0.3, -0.25) is 4.79 Å². The summed E-state index contributed by atoms with van der Waals surface area (Å²) in [6.45, 7) is 7.88. The largest absolute Gasteiger partial charge is 0.338 e. The van der Waals surface area contributed by atoms with Crippen LogP contribution in [0.5, 0.6) is 0 Å². The van der Waals surface area contributed by atoms with E-state index in [1.165, 1.54) is 5.56 Å². The molecule has 0 fully saturated rings. The van der Waals surface area contributed by atoms with Crippen LogP contribution in [0.3, 0.4) is 0 Å². The number of amides is 1. The van der Waals surface area contributed by atoms with E-state index in [-0.39, 0.29) is 5.91 Å². The van der Waals surface area contributed by atoms with Gasteiger partial charge in [-0.15, -0.1) is 0 Å². The molecule has 0 heterocycles. The Morgan fingerprint density at radius 1 is 1.32 bits per heavy atom. The predicted molar refractivity (Wildman–Crippen MR) is 76.7 cm³/mol. The molecule has 1 amide bonds. The standard InChI is InChI=1S/C16H22N2O/c1-5-16(6-2,11-17)18-15(19)10-14-8-7-12(3)9-13(14)4/h7-9H,5-6,10H2,1-4H3,(H,18,19). The van der Waals surface area contributed by atoms with Crippen molar-refractivity contribution >= 4 is 5.91 Å². The van der Waals surface area contributed by atoms with Crippen LogP contribution in [0.25, 0.3) is 0 Å². The van der Waals surface area contributed by atoms with E-state index in [2.05, 4.69) is 17.5 Å². The first kappa shape index (κ1) is 15.2. The number of nitriles is 1. The molecule has 0 saturated heterocycles. The van der Waals surface area contributed by atoms with Crippen molar-refractivity contribution in [3.8, 4) is 6.07 Å². The summed E-state index contributed by atoms with van der Waals surface area (Å²) in [6, 6.07) is 8.28. The van der Waals surface area contributed by atoms with E-state index in [1.807, 2.05) is 39.8 Å². The highest BCUT2D eigenvalue weighted by atomic mass is 16.1. The molecule has 0 bridgehead atoms. The van der Waals surface area contributed by atoms with Crippen molar-refractivity contribution in [3.63, 3.8) is 0 Å². The fourth-order valence-electron chi connectivity index (χ4n) is 2.14. The van der Waals surface area contributed by atoms with Crippen LogP contribution in [0.2, 0.25) is 0 Å². The van der Waals surface area contributed by atoms with Gasteiger partial charge in [-0.1, -0.05) is 37.6 Å². The Morgan fingerprint density at radius 3 is 2.42 bits per heavy atom. The Morgan fingerprint density at radius 2 is 1.95 bits per heavy atom. The van der Waals surface area contributed by atoms with Crippen molar-refractivity contribution in [1.29, 1.82) is 5.26 Å². The van der Waals surface area contributed by atoms with Gasteiger partial charge in [0, 0.05) is 0 Å². The number of hydrogen-bond acceptors (Lipinski definition) is 2. The minimum Gasteiger partial charge on any atom is -0.338 e. The molecule has 1 aromatic carbocycles. The van der Waals surface area contributed by atoms with Gasteiger partial charge in [0.15, 0.2) is 0 Å². The fraction of sp³-hybridized carbons (Fsp3) is 0.500. The number of carbonyl (C=O) groups is 1. The van der Waals surface area contributed by atoms with E-state index in [4.69, 9.17) is 0 Å². The number of aryl methyl sites for hydroxylation is 2. The number of carbonyl (C=O) groups excluding carboxylic acids is 1. The Hall–Kier alpha value is -1.82. The normalized spacial score (nSPS) is 10.9. The molecule has 1 rings (SSSR count). The molecule has 0 saturated carbocycles. The quantitative estimate of drug-likeness (QED) is 0.882. The van der Waals surface area contributed by atoms with E-state index < -0.39 is 5.54 Å². The highest BCUT2D eigenvalue weighted by molar-refractivity contribution is 5.80. The lowest BCUT2D eigenvalue weighted by Crippen LogP contribution is -2.47. The van der Waals surface area contributed by atoms with Crippen LogP contribution in [0.15, 0.2) is 18.2 Å². The summed E-state index contributed by atoms with van der Waals surface area (Å²) in [6.07, 6.45) is 1.58. The molecule has 102 valence electrons. The van der Waals surface area contributed by atoms with Gasteiger partial charge < -0.3 is 5.32 Å². The van der Waals surface area contributed by atoms with Gasteiger partial charge in [0.05, 0.1) is 12.5 Å². The molecule has 0 radical (unpaired) electrons. The van der Waals surface area contributed by atoms with Crippen LogP contribution in [-0.2, 0) is 11.2 Å². The van der Waals surface area contributed by atoms with Crippen molar-refractivity contribution in [2.75, 3.05) is 0 Å². The van der Waals surface area contributed by atoms with E-state index >= 15 is 0 Å². The van der Waals surface area contributed by atoms with E-state index in [0.717, 1.165) is 11.1 Å². The summed E-state index contributed by atoms with van der Waals surface area (Å²) in [4.78, 5) is 12.1. The Bertz CT molecular complexity index is 496. The third-order valence-electron chi connectivity index (χ3n) is 3.65. The SMILES string of the molecule is CCC(C#N)(CC)NC(=O)Cc1ccc(C)cc1C. The molecule has 0 aliphatic rings. The summed E-state index contributed by atoms with van der Waals surface area (Å²) < 4.78 is 0. The summed E-state index contributed by atoms with van der Waals surface area (Å²) in [5.74, 6) is -0.0859. The number of nitrogens with one attached hydrogen (secondary N) is 1. The summed E-state index contributed by atoms with van der Waals surface area (Å²) in [5.41, 5.74) is 2.60. The van der Waals surface area contributed by atoms with Crippen molar-refractivity contribution in [2.45, 2.75) is 52.5 Å². The molecule has 0 atom stereocenters. The van der Waals surface area contributed by atoms with Crippen LogP contribution >= 0.6 is 0 Å². The molecule has 1 N–H and O–H groups in total. The zero-order valence-corrected chi connectivity index (χ0v) is 12.2. The molecule has 19 heavy (non-hydrogen) atoms. The average Bonchev–Trinajstić information content (AvgIpc) is 2.39. The van der Waals surface area contributed by atoms with Crippen molar-refractivity contribution in [3.05, 3.63) is 34.9 Å². The third kappa shape index (κ3) is 3.82. The monoisotopic (exact) mass is 258 g/mol. The third-order valence-corrected chi connectivity index (χ3v) is 3.65. The molecule has 1 aromatic rings. The van der Waals surface area contributed by atoms with Crippen molar-refractivity contribution in [2.24, 2.45) is 0 Å². The molecule has 0 aromatic heterocycles. The second-order valence-electron chi connectivity index (χ2n) is 5.06. The number of nitrogens with zero attached hydrogens (tertiary/aromatic N) is 1. The summed E-state index contributed by atoms with van der Waals surface area (Å²) in [7, 11) is 0. The van der Waals surface area contributed by atoms with Gasteiger partial charge in [0.2, 0.25) is 5.91 Å². The first-order valence-electron chi connectivity index (χ1n) is 6.74. The van der Waals surface area contributed by atoms with Gasteiger partial charge in [-0.25, -0.2) is 0 Å². The minimum absolute atomic E-state index is 0.0859. The minimum atomic E-state index is -0.727. The van der Waals surface area contributed by atoms with Crippen LogP contribution in [-0.4, -0.2) is 11.4 Å². The molecule has 0 spiro atoms.